The Hall–Kier alpha value is -2.38. The van der Waals surface area contributed by atoms with Crippen molar-refractivity contribution in [3.05, 3.63) is 48.0 Å². The number of anilines is 1. The number of carbonyl (C=O) groups excluding carboxylic acids is 1. The molecule has 7 heteroatoms. The Labute approximate surface area is 171 Å². The molecule has 0 aliphatic carbocycles. The number of ether oxygens (including phenoxy) is 1. The van der Waals surface area contributed by atoms with Crippen molar-refractivity contribution in [3.8, 4) is 11.1 Å². The maximum atomic E-state index is 12.3. The van der Waals surface area contributed by atoms with Crippen LogP contribution in [0.5, 0.6) is 0 Å². The molecule has 2 N–H and O–H groups in total. The third kappa shape index (κ3) is 3.42. The van der Waals surface area contributed by atoms with E-state index < -0.39 is 15.3 Å². The summed E-state index contributed by atoms with van der Waals surface area (Å²) in [6.45, 7) is 5.11. The fourth-order valence-electron chi connectivity index (χ4n) is 4.42. The van der Waals surface area contributed by atoms with Crippen LogP contribution in [0.2, 0.25) is 0 Å². The molecule has 2 aromatic rings. The molecule has 4 rings (SSSR count). The number of morpholine rings is 1. The summed E-state index contributed by atoms with van der Waals surface area (Å²) in [7, 11) is -3.23. The van der Waals surface area contributed by atoms with Gasteiger partial charge >= 0.3 is 0 Å². The highest BCUT2D eigenvalue weighted by atomic mass is 32.2. The second-order valence-electron chi connectivity index (χ2n) is 8.41. The minimum Gasteiger partial charge on any atom is -0.374 e. The first kappa shape index (κ1) is 19.9. The summed E-state index contributed by atoms with van der Waals surface area (Å²) in [5.74, 6) is -0.309. The smallest absolute Gasteiger partial charge is 0.225 e. The Kier molecular flexibility index (Phi) is 4.70. The molecule has 0 aromatic heterocycles. The van der Waals surface area contributed by atoms with Gasteiger partial charge in [0.25, 0.3) is 0 Å². The molecule has 1 fully saturated rings. The SMILES string of the molecule is C[C@@H]1CN2c3cc(-c4ccc(S(C)(=O)=O)cc4)ccc3C[C@@](C)(C(N)=O)C2CO1. The molecule has 6 nitrogen and oxygen atoms in total. The summed E-state index contributed by atoms with van der Waals surface area (Å²) in [6, 6.07) is 13.0. The second kappa shape index (κ2) is 6.85. The number of nitrogens with zero attached hydrogens (tertiary/aromatic N) is 1. The van der Waals surface area contributed by atoms with E-state index in [0.717, 1.165) is 22.4 Å². The number of hydrogen-bond donors (Lipinski definition) is 1. The van der Waals surface area contributed by atoms with Crippen molar-refractivity contribution in [1.29, 1.82) is 0 Å². The predicted octanol–water partition coefficient (Wildman–Crippen LogP) is 2.40. The molecule has 0 saturated carbocycles. The van der Waals surface area contributed by atoms with Crippen molar-refractivity contribution < 1.29 is 17.9 Å². The number of sulfone groups is 1. The lowest BCUT2D eigenvalue weighted by Crippen LogP contribution is -2.63. The fraction of sp³-hybridized carbons (Fsp3) is 0.409. The van der Waals surface area contributed by atoms with E-state index in [1.165, 1.54) is 6.26 Å². The Morgan fingerprint density at radius 3 is 2.45 bits per heavy atom. The zero-order valence-electron chi connectivity index (χ0n) is 16.9. The molecule has 29 heavy (non-hydrogen) atoms. The normalized spacial score (nSPS) is 26.5. The van der Waals surface area contributed by atoms with E-state index in [1.807, 2.05) is 38.1 Å². The van der Waals surface area contributed by atoms with Gasteiger partial charge in [0.1, 0.15) is 0 Å². The minimum absolute atomic E-state index is 0.0621. The van der Waals surface area contributed by atoms with Gasteiger partial charge in [-0.3, -0.25) is 4.79 Å². The lowest BCUT2D eigenvalue weighted by atomic mass is 9.71. The quantitative estimate of drug-likeness (QED) is 0.833. The first-order valence-corrected chi connectivity index (χ1v) is 11.6. The molecule has 0 spiro atoms. The molecule has 154 valence electrons. The van der Waals surface area contributed by atoms with Crippen LogP contribution in [0.15, 0.2) is 47.4 Å². The Morgan fingerprint density at radius 1 is 1.17 bits per heavy atom. The van der Waals surface area contributed by atoms with Crippen molar-refractivity contribution in [2.75, 3.05) is 24.3 Å². The fourth-order valence-corrected chi connectivity index (χ4v) is 5.05. The molecular formula is C22H26N2O4S. The molecule has 3 atom stereocenters. The van der Waals surface area contributed by atoms with Crippen molar-refractivity contribution in [3.63, 3.8) is 0 Å². The van der Waals surface area contributed by atoms with Crippen LogP contribution in [-0.2, 0) is 25.8 Å². The summed E-state index contributed by atoms with van der Waals surface area (Å²) in [5.41, 5.74) is 9.24. The van der Waals surface area contributed by atoms with Crippen LogP contribution in [0.3, 0.4) is 0 Å². The van der Waals surface area contributed by atoms with Crippen LogP contribution in [-0.4, -0.2) is 45.9 Å². The summed E-state index contributed by atoms with van der Waals surface area (Å²) >= 11 is 0. The molecule has 2 heterocycles. The first-order valence-electron chi connectivity index (χ1n) is 9.71. The standard InChI is InChI=1S/C22H26N2O4S/c1-14-12-24-19-10-16(15-6-8-18(9-7-15)29(3,26)27)4-5-17(19)11-22(2,21(23)25)20(24)13-28-14/h4-10,14,20H,11-13H2,1-3H3,(H2,23,25)/t14-,20?,22-/m1/s1. The molecule has 1 saturated heterocycles. The Morgan fingerprint density at radius 2 is 1.83 bits per heavy atom. The molecule has 2 aromatic carbocycles. The van der Waals surface area contributed by atoms with Gasteiger partial charge in [-0.1, -0.05) is 24.3 Å². The van der Waals surface area contributed by atoms with Crippen molar-refractivity contribution in [2.45, 2.75) is 37.3 Å². The van der Waals surface area contributed by atoms with Crippen LogP contribution in [0.25, 0.3) is 11.1 Å². The topological polar surface area (TPSA) is 89.7 Å². The van der Waals surface area contributed by atoms with E-state index >= 15 is 0 Å². The highest BCUT2D eigenvalue weighted by Crippen LogP contribution is 2.44. The average molecular weight is 415 g/mol. The van der Waals surface area contributed by atoms with Crippen molar-refractivity contribution >= 4 is 21.4 Å². The molecule has 0 bridgehead atoms. The van der Waals surface area contributed by atoms with Crippen LogP contribution < -0.4 is 10.6 Å². The van der Waals surface area contributed by atoms with Gasteiger partial charge in [0, 0.05) is 18.5 Å². The van der Waals surface area contributed by atoms with E-state index in [2.05, 4.69) is 11.0 Å². The van der Waals surface area contributed by atoms with Gasteiger partial charge in [-0.2, -0.15) is 0 Å². The number of hydrogen-bond acceptors (Lipinski definition) is 5. The zero-order chi connectivity index (χ0) is 21.0. The van der Waals surface area contributed by atoms with Gasteiger partial charge in [0.05, 0.1) is 29.1 Å². The van der Waals surface area contributed by atoms with Gasteiger partial charge in [0.15, 0.2) is 9.84 Å². The van der Waals surface area contributed by atoms with Crippen LogP contribution in [0.4, 0.5) is 5.69 Å². The minimum atomic E-state index is -3.23. The maximum absolute atomic E-state index is 12.3. The number of carbonyl (C=O) groups is 1. The van der Waals surface area contributed by atoms with Crippen LogP contribution in [0.1, 0.15) is 19.4 Å². The molecular weight excluding hydrogens is 388 g/mol. The summed E-state index contributed by atoms with van der Waals surface area (Å²) in [5, 5.41) is 0. The second-order valence-corrected chi connectivity index (χ2v) is 10.4. The van der Waals surface area contributed by atoms with E-state index in [9.17, 15) is 13.2 Å². The highest BCUT2D eigenvalue weighted by Gasteiger charge is 2.49. The molecule has 1 unspecified atom stereocenters. The largest absolute Gasteiger partial charge is 0.374 e. The van der Waals surface area contributed by atoms with Gasteiger partial charge in [-0.15, -0.1) is 0 Å². The monoisotopic (exact) mass is 414 g/mol. The highest BCUT2D eigenvalue weighted by molar-refractivity contribution is 7.90. The van der Waals surface area contributed by atoms with E-state index in [-0.39, 0.29) is 18.1 Å². The molecule has 2 aliphatic heterocycles. The van der Waals surface area contributed by atoms with Gasteiger partial charge in [-0.25, -0.2) is 8.42 Å². The number of amides is 1. The van der Waals surface area contributed by atoms with E-state index in [1.54, 1.807) is 12.1 Å². The summed E-state index contributed by atoms with van der Waals surface area (Å²) in [6.07, 6.45) is 1.84. The van der Waals surface area contributed by atoms with Gasteiger partial charge in [-0.05, 0) is 55.2 Å². The summed E-state index contributed by atoms with van der Waals surface area (Å²) < 4.78 is 29.3. The number of rotatable bonds is 3. The summed E-state index contributed by atoms with van der Waals surface area (Å²) in [4.78, 5) is 14.9. The van der Waals surface area contributed by atoms with E-state index in [0.29, 0.717) is 24.5 Å². The zero-order valence-corrected chi connectivity index (χ0v) is 17.7. The van der Waals surface area contributed by atoms with Crippen molar-refractivity contribution in [1.82, 2.24) is 0 Å². The number of primary amides is 1. The number of fused-ring (bicyclic) bond motifs is 3. The van der Waals surface area contributed by atoms with Gasteiger partial charge in [0.2, 0.25) is 5.91 Å². The lowest BCUT2D eigenvalue weighted by Gasteiger charge is -2.51. The van der Waals surface area contributed by atoms with Crippen LogP contribution in [0, 0.1) is 5.41 Å². The maximum Gasteiger partial charge on any atom is 0.225 e. The third-order valence-electron chi connectivity index (χ3n) is 6.24. The number of benzene rings is 2. The average Bonchev–Trinajstić information content (AvgIpc) is 2.67. The number of nitrogens with two attached hydrogens (primary N) is 1. The predicted molar refractivity (Wildman–Crippen MR) is 113 cm³/mol. The lowest BCUT2D eigenvalue weighted by molar-refractivity contribution is -0.130. The molecule has 0 radical (unpaired) electrons. The van der Waals surface area contributed by atoms with Gasteiger partial charge < -0.3 is 15.4 Å². The Bertz CT molecular complexity index is 1060. The molecule has 1 amide bonds. The third-order valence-corrected chi connectivity index (χ3v) is 7.36. The Balaban J connectivity index is 1.77. The van der Waals surface area contributed by atoms with Crippen molar-refractivity contribution in [2.24, 2.45) is 11.1 Å². The molecule has 2 aliphatic rings. The van der Waals surface area contributed by atoms with Crippen LogP contribution >= 0.6 is 0 Å². The van der Waals surface area contributed by atoms with E-state index in [4.69, 9.17) is 10.5 Å². The first-order chi connectivity index (χ1) is 13.6.